The van der Waals surface area contributed by atoms with Crippen LogP contribution < -0.4 is 16.1 Å². The van der Waals surface area contributed by atoms with Crippen molar-refractivity contribution in [3.05, 3.63) is 56.2 Å². The molecule has 2 aromatic heterocycles. The number of amides is 1. The number of benzene rings is 1. The highest BCUT2D eigenvalue weighted by Crippen LogP contribution is 2.27. The minimum atomic E-state index is -0.443. The summed E-state index contributed by atoms with van der Waals surface area (Å²) < 4.78 is 3.95. The summed E-state index contributed by atoms with van der Waals surface area (Å²) in [6, 6.07) is 7.89. The van der Waals surface area contributed by atoms with Gasteiger partial charge >= 0.3 is 5.69 Å². The average molecular weight is 339 g/mol. The van der Waals surface area contributed by atoms with Gasteiger partial charge in [0.15, 0.2) is 11.2 Å². The molecule has 3 aromatic rings. The SMILES string of the molecule is Cc1ccc(CN2C(=O)Cn3c2nc2c3c(=O)n(C)c(=O)n2C)cc1. The Balaban J connectivity index is 1.88. The van der Waals surface area contributed by atoms with Crippen molar-refractivity contribution in [2.45, 2.75) is 20.0 Å². The molecular formula is C17H17N5O3. The van der Waals surface area contributed by atoms with Crippen molar-refractivity contribution in [1.82, 2.24) is 18.7 Å². The van der Waals surface area contributed by atoms with E-state index in [1.807, 2.05) is 31.2 Å². The zero-order valence-electron chi connectivity index (χ0n) is 14.2. The molecule has 128 valence electrons. The topological polar surface area (TPSA) is 82.1 Å². The lowest BCUT2D eigenvalue weighted by Gasteiger charge is -2.14. The minimum absolute atomic E-state index is 0.0468. The Labute approximate surface area is 142 Å². The lowest BCUT2D eigenvalue weighted by molar-refractivity contribution is -0.118. The van der Waals surface area contributed by atoms with E-state index in [1.54, 1.807) is 16.5 Å². The second-order valence-electron chi connectivity index (χ2n) is 6.34. The predicted octanol–water partition coefficient (Wildman–Crippen LogP) is 0.289. The van der Waals surface area contributed by atoms with Gasteiger partial charge in [-0.05, 0) is 12.5 Å². The average Bonchev–Trinajstić information content (AvgIpc) is 3.09. The van der Waals surface area contributed by atoms with E-state index in [9.17, 15) is 14.4 Å². The van der Waals surface area contributed by atoms with Crippen molar-refractivity contribution in [1.29, 1.82) is 0 Å². The fraction of sp³-hybridized carbons (Fsp3) is 0.294. The predicted molar refractivity (Wildman–Crippen MR) is 92.6 cm³/mol. The van der Waals surface area contributed by atoms with Crippen LogP contribution in [0.4, 0.5) is 5.95 Å². The molecule has 3 heterocycles. The van der Waals surface area contributed by atoms with Gasteiger partial charge in [-0.1, -0.05) is 29.8 Å². The molecule has 25 heavy (non-hydrogen) atoms. The van der Waals surface area contributed by atoms with Crippen molar-refractivity contribution >= 4 is 23.0 Å². The molecule has 0 atom stereocenters. The first-order chi connectivity index (χ1) is 11.9. The normalized spacial score (nSPS) is 13.7. The van der Waals surface area contributed by atoms with Gasteiger partial charge in [0.25, 0.3) is 5.56 Å². The number of rotatable bonds is 2. The van der Waals surface area contributed by atoms with Crippen LogP contribution in [0.1, 0.15) is 11.1 Å². The number of hydrogen-bond donors (Lipinski definition) is 0. The minimum Gasteiger partial charge on any atom is -0.294 e. The number of aromatic nitrogens is 4. The van der Waals surface area contributed by atoms with E-state index in [4.69, 9.17) is 0 Å². The van der Waals surface area contributed by atoms with Gasteiger partial charge < -0.3 is 0 Å². The van der Waals surface area contributed by atoms with Gasteiger partial charge in [-0.3, -0.25) is 28.2 Å². The number of carbonyl (C=O) groups is 1. The number of fused-ring (bicyclic) bond motifs is 3. The van der Waals surface area contributed by atoms with Gasteiger partial charge in [-0.15, -0.1) is 0 Å². The van der Waals surface area contributed by atoms with Crippen LogP contribution in [0.5, 0.6) is 0 Å². The molecule has 0 N–H and O–H groups in total. The van der Waals surface area contributed by atoms with Gasteiger partial charge in [0, 0.05) is 14.1 Å². The lowest BCUT2D eigenvalue weighted by atomic mass is 10.1. The maximum atomic E-state index is 12.5. The van der Waals surface area contributed by atoms with Crippen LogP contribution in [0.3, 0.4) is 0 Å². The van der Waals surface area contributed by atoms with Crippen molar-refractivity contribution in [3.8, 4) is 0 Å². The largest absolute Gasteiger partial charge is 0.332 e. The Morgan fingerprint density at radius 2 is 1.72 bits per heavy atom. The van der Waals surface area contributed by atoms with E-state index in [0.29, 0.717) is 18.1 Å². The van der Waals surface area contributed by atoms with E-state index >= 15 is 0 Å². The number of nitrogens with zero attached hydrogens (tertiary/aromatic N) is 5. The second kappa shape index (κ2) is 5.17. The maximum absolute atomic E-state index is 12.5. The second-order valence-corrected chi connectivity index (χ2v) is 6.34. The molecule has 8 heteroatoms. The fourth-order valence-electron chi connectivity index (χ4n) is 3.16. The van der Waals surface area contributed by atoms with Crippen LogP contribution in [0.25, 0.3) is 11.2 Å². The zero-order chi connectivity index (χ0) is 17.9. The molecule has 0 saturated heterocycles. The molecule has 4 rings (SSSR count). The lowest BCUT2D eigenvalue weighted by Crippen LogP contribution is -2.37. The number of aryl methyl sites for hydroxylation is 2. The summed E-state index contributed by atoms with van der Waals surface area (Å²) in [4.78, 5) is 43.0. The highest BCUT2D eigenvalue weighted by atomic mass is 16.2. The summed E-state index contributed by atoms with van der Waals surface area (Å²) in [6.07, 6.45) is 0. The summed E-state index contributed by atoms with van der Waals surface area (Å²) in [5.41, 5.74) is 1.81. The first-order valence-corrected chi connectivity index (χ1v) is 7.90. The molecule has 0 unspecified atom stereocenters. The Kier molecular flexibility index (Phi) is 3.18. The van der Waals surface area contributed by atoms with Crippen LogP contribution in [0.15, 0.2) is 33.9 Å². The van der Waals surface area contributed by atoms with Gasteiger partial charge in [0.1, 0.15) is 6.54 Å². The molecule has 0 saturated carbocycles. The van der Waals surface area contributed by atoms with E-state index in [2.05, 4.69) is 4.98 Å². The number of hydrogen-bond acceptors (Lipinski definition) is 4. The van der Waals surface area contributed by atoms with Gasteiger partial charge in [0.05, 0.1) is 6.54 Å². The number of anilines is 1. The van der Waals surface area contributed by atoms with Crippen LogP contribution in [0, 0.1) is 6.92 Å². The zero-order valence-corrected chi connectivity index (χ0v) is 14.2. The molecule has 1 aliphatic rings. The Morgan fingerprint density at radius 1 is 1.04 bits per heavy atom. The molecule has 1 amide bonds. The third-order valence-electron chi connectivity index (χ3n) is 4.62. The Hall–Kier alpha value is -3.16. The first kappa shape index (κ1) is 15.4. The van der Waals surface area contributed by atoms with E-state index in [0.717, 1.165) is 15.7 Å². The fourth-order valence-corrected chi connectivity index (χ4v) is 3.16. The van der Waals surface area contributed by atoms with Crippen molar-refractivity contribution in [2.75, 3.05) is 4.90 Å². The molecule has 0 spiro atoms. The van der Waals surface area contributed by atoms with Crippen LogP contribution in [0.2, 0.25) is 0 Å². The van der Waals surface area contributed by atoms with Crippen LogP contribution in [-0.2, 0) is 32.0 Å². The Morgan fingerprint density at radius 3 is 2.40 bits per heavy atom. The van der Waals surface area contributed by atoms with Crippen LogP contribution in [-0.4, -0.2) is 24.6 Å². The van der Waals surface area contributed by atoms with Gasteiger partial charge in [-0.2, -0.15) is 4.98 Å². The smallest absolute Gasteiger partial charge is 0.294 e. The molecule has 0 fully saturated rings. The maximum Gasteiger partial charge on any atom is 0.332 e. The molecule has 0 radical (unpaired) electrons. The Bertz CT molecular complexity index is 1130. The summed E-state index contributed by atoms with van der Waals surface area (Å²) >= 11 is 0. The first-order valence-electron chi connectivity index (χ1n) is 7.90. The van der Waals surface area contributed by atoms with Gasteiger partial charge in [-0.25, -0.2) is 4.79 Å². The molecular weight excluding hydrogens is 322 g/mol. The van der Waals surface area contributed by atoms with E-state index < -0.39 is 11.2 Å². The number of imidazole rings is 1. The van der Waals surface area contributed by atoms with Gasteiger partial charge in [0.2, 0.25) is 11.9 Å². The summed E-state index contributed by atoms with van der Waals surface area (Å²) in [7, 11) is 2.99. The van der Waals surface area contributed by atoms with Crippen molar-refractivity contribution in [2.24, 2.45) is 14.1 Å². The van der Waals surface area contributed by atoms with Crippen molar-refractivity contribution < 1.29 is 4.79 Å². The molecule has 1 aromatic carbocycles. The molecule has 0 bridgehead atoms. The third-order valence-corrected chi connectivity index (χ3v) is 4.62. The molecule has 8 nitrogen and oxygen atoms in total. The standard InChI is InChI=1S/C17H17N5O3/c1-10-4-6-11(7-5-10)8-21-12(23)9-22-13-14(18-16(21)22)19(2)17(25)20(3)15(13)24/h4-7H,8-9H2,1-3H3. The van der Waals surface area contributed by atoms with E-state index in [1.165, 1.54) is 11.6 Å². The van der Waals surface area contributed by atoms with E-state index in [-0.39, 0.29) is 18.0 Å². The monoisotopic (exact) mass is 339 g/mol. The summed E-state index contributed by atoms with van der Waals surface area (Å²) in [5, 5.41) is 0. The molecule has 1 aliphatic heterocycles. The highest BCUT2D eigenvalue weighted by molar-refractivity contribution is 5.98. The highest BCUT2D eigenvalue weighted by Gasteiger charge is 2.33. The van der Waals surface area contributed by atoms with Crippen molar-refractivity contribution in [3.63, 3.8) is 0 Å². The summed E-state index contributed by atoms with van der Waals surface area (Å²) in [6.45, 7) is 2.42. The van der Waals surface area contributed by atoms with Crippen LogP contribution >= 0.6 is 0 Å². The quantitative estimate of drug-likeness (QED) is 0.672. The molecule has 0 aliphatic carbocycles. The third kappa shape index (κ3) is 2.14. The summed E-state index contributed by atoms with van der Waals surface area (Å²) in [5.74, 6) is 0.278. The number of carbonyl (C=O) groups excluding carboxylic acids is 1.